The van der Waals surface area contributed by atoms with Gasteiger partial charge in [-0.3, -0.25) is 4.79 Å². The zero-order chi connectivity index (χ0) is 11.7. The molecule has 2 N–H and O–H groups in total. The third-order valence-electron chi connectivity index (χ3n) is 3.47. The van der Waals surface area contributed by atoms with Crippen molar-refractivity contribution in [3.05, 3.63) is 23.8 Å². The molecule has 3 rings (SSSR count). The fourth-order valence-corrected chi connectivity index (χ4v) is 2.56. The summed E-state index contributed by atoms with van der Waals surface area (Å²) in [5.41, 5.74) is 3.48. The summed E-state index contributed by atoms with van der Waals surface area (Å²) >= 11 is 0. The molecule has 90 valence electrons. The summed E-state index contributed by atoms with van der Waals surface area (Å²) in [4.78, 5) is 13.9. The zero-order valence-electron chi connectivity index (χ0n) is 9.83. The van der Waals surface area contributed by atoms with Crippen LogP contribution in [0.1, 0.15) is 12.0 Å². The van der Waals surface area contributed by atoms with E-state index in [1.807, 2.05) is 0 Å². The molecule has 4 nitrogen and oxygen atoms in total. The van der Waals surface area contributed by atoms with Crippen molar-refractivity contribution in [2.45, 2.75) is 12.8 Å². The first-order chi connectivity index (χ1) is 8.34. The number of fused-ring (bicyclic) bond motifs is 1. The molecule has 17 heavy (non-hydrogen) atoms. The van der Waals surface area contributed by atoms with Crippen molar-refractivity contribution < 1.29 is 4.79 Å². The molecule has 1 aromatic carbocycles. The van der Waals surface area contributed by atoms with E-state index in [0.29, 0.717) is 6.42 Å². The van der Waals surface area contributed by atoms with Gasteiger partial charge in [-0.05, 0) is 18.1 Å². The lowest BCUT2D eigenvalue weighted by Crippen LogP contribution is -2.44. The molecule has 0 aromatic heterocycles. The highest BCUT2D eigenvalue weighted by Gasteiger charge is 2.21. The standard InChI is InChI=1S/C13H17N3O/c17-12-5-4-10-2-1-3-11(13(10)15-12)16-8-6-14-7-9-16/h1-3,14H,4-9H2,(H,15,17). The van der Waals surface area contributed by atoms with Crippen LogP contribution in [-0.4, -0.2) is 32.1 Å². The zero-order valence-corrected chi connectivity index (χ0v) is 9.83. The predicted octanol–water partition coefficient (Wildman–Crippen LogP) is 0.981. The Balaban J connectivity index is 1.95. The predicted molar refractivity (Wildman–Crippen MR) is 68.5 cm³/mol. The van der Waals surface area contributed by atoms with Crippen LogP contribution in [0.2, 0.25) is 0 Å². The molecule has 0 atom stereocenters. The maximum Gasteiger partial charge on any atom is 0.224 e. The van der Waals surface area contributed by atoms with E-state index in [9.17, 15) is 4.79 Å². The molecular formula is C13H17N3O. The Kier molecular flexibility index (Phi) is 2.73. The summed E-state index contributed by atoms with van der Waals surface area (Å²) in [6.07, 6.45) is 1.47. The lowest BCUT2D eigenvalue weighted by molar-refractivity contribution is -0.116. The summed E-state index contributed by atoms with van der Waals surface area (Å²) in [6.45, 7) is 4.04. The fourth-order valence-electron chi connectivity index (χ4n) is 2.56. The van der Waals surface area contributed by atoms with Crippen molar-refractivity contribution in [1.82, 2.24) is 5.32 Å². The maximum absolute atomic E-state index is 11.5. The lowest BCUT2D eigenvalue weighted by Gasteiger charge is -2.32. The van der Waals surface area contributed by atoms with Crippen LogP contribution in [0.5, 0.6) is 0 Å². The molecule has 0 aliphatic carbocycles. The van der Waals surface area contributed by atoms with Crippen molar-refractivity contribution in [3.63, 3.8) is 0 Å². The number of rotatable bonds is 1. The molecule has 2 aliphatic heterocycles. The average Bonchev–Trinajstić information content (AvgIpc) is 2.39. The molecule has 0 spiro atoms. The van der Waals surface area contributed by atoms with Gasteiger partial charge in [0.1, 0.15) is 0 Å². The van der Waals surface area contributed by atoms with Gasteiger partial charge in [0.2, 0.25) is 5.91 Å². The van der Waals surface area contributed by atoms with E-state index in [2.05, 4.69) is 33.7 Å². The van der Waals surface area contributed by atoms with Crippen LogP contribution in [-0.2, 0) is 11.2 Å². The van der Waals surface area contributed by atoms with Gasteiger partial charge in [0, 0.05) is 32.6 Å². The van der Waals surface area contributed by atoms with Crippen LogP contribution in [0.25, 0.3) is 0 Å². The van der Waals surface area contributed by atoms with Gasteiger partial charge < -0.3 is 15.5 Å². The Morgan fingerprint density at radius 1 is 1.12 bits per heavy atom. The second-order valence-electron chi connectivity index (χ2n) is 4.60. The minimum absolute atomic E-state index is 0.139. The highest BCUT2D eigenvalue weighted by molar-refractivity contribution is 5.97. The third-order valence-corrected chi connectivity index (χ3v) is 3.47. The van der Waals surface area contributed by atoms with Gasteiger partial charge in [0.25, 0.3) is 0 Å². The van der Waals surface area contributed by atoms with E-state index < -0.39 is 0 Å². The van der Waals surface area contributed by atoms with Crippen LogP contribution in [0.15, 0.2) is 18.2 Å². The first-order valence-electron chi connectivity index (χ1n) is 6.22. The molecule has 2 aliphatic rings. The van der Waals surface area contributed by atoms with Gasteiger partial charge in [0.15, 0.2) is 0 Å². The van der Waals surface area contributed by atoms with Crippen molar-refractivity contribution in [1.29, 1.82) is 0 Å². The Morgan fingerprint density at radius 3 is 2.76 bits per heavy atom. The van der Waals surface area contributed by atoms with Crippen LogP contribution in [0, 0.1) is 0 Å². The Bertz CT molecular complexity index is 438. The third kappa shape index (κ3) is 2.00. The number of aryl methyl sites for hydroxylation is 1. The summed E-state index contributed by atoms with van der Waals surface area (Å²) in [5, 5.41) is 6.37. The molecule has 0 unspecified atom stereocenters. The highest BCUT2D eigenvalue weighted by Crippen LogP contribution is 2.33. The van der Waals surface area contributed by atoms with Crippen LogP contribution in [0.4, 0.5) is 11.4 Å². The number of para-hydroxylation sites is 1. The number of piperazine rings is 1. The van der Waals surface area contributed by atoms with Crippen LogP contribution < -0.4 is 15.5 Å². The largest absolute Gasteiger partial charge is 0.367 e. The number of benzene rings is 1. The van der Waals surface area contributed by atoms with Crippen molar-refractivity contribution in [2.24, 2.45) is 0 Å². The van der Waals surface area contributed by atoms with Crippen molar-refractivity contribution in [2.75, 3.05) is 36.4 Å². The first-order valence-corrected chi connectivity index (χ1v) is 6.22. The van der Waals surface area contributed by atoms with E-state index in [1.165, 1.54) is 11.3 Å². The molecule has 1 amide bonds. The average molecular weight is 231 g/mol. The van der Waals surface area contributed by atoms with Crippen molar-refractivity contribution in [3.8, 4) is 0 Å². The quantitative estimate of drug-likeness (QED) is 0.757. The summed E-state index contributed by atoms with van der Waals surface area (Å²) in [7, 11) is 0. The second kappa shape index (κ2) is 4.37. The number of hydrogen-bond donors (Lipinski definition) is 2. The Labute approximate surface area is 101 Å². The van der Waals surface area contributed by atoms with Gasteiger partial charge in [0.05, 0.1) is 11.4 Å². The number of hydrogen-bond acceptors (Lipinski definition) is 3. The van der Waals surface area contributed by atoms with Gasteiger partial charge in [-0.15, -0.1) is 0 Å². The fraction of sp³-hybridized carbons (Fsp3) is 0.462. The summed E-state index contributed by atoms with van der Waals surface area (Å²) in [5.74, 6) is 0.139. The topological polar surface area (TPSA) is 44.4 Å². The molecule has 1 saturated heterocycles. The maximum atomic E-state index is 11.5. The molecule has 0 saturated carbocycles. The normalized spacial score (nSPS) is 19.8. The van der Waals surface area contributed by atoms with E-state index in [1.54, 1.807) is 0 Å². The minimum atomic E-state index is 0.139. The number of amides is 1. The molecule has 4 heteroatoms. The Morgan fingerprint density at radius 2 is 1.94 bits per heavy atom. The van der Waals surface area contributed by atoms with Gasteiger partial charge in [-0.25, -0.2) is 0 Å². The number of nitrogens with one attached hydrogen (secondary N) is 2. The van der Waals surface area contributed by atoms with E-state index >= 15 is 0 Å². The molecule has 0 radical (unpaired) electrons. The summed E-state index contributed by atoms with van der Waals surface area (Å²) in [6, 6.07) is 6.31. The van der Waals surface area contributed by atoms with E-state index in [-0.39, 0.29) is 5.91 Å². The van der Waals surface area contributed by atoms with Gasteiger partial charge >= 0.3 is 0 Å². The SMILES string of the molecule is O=C1CCc2cccc(N3CCNCC3)c2N1. The molecule has 1 aromatic rings. The number of nitrogens with zero attached hydrogens (tertiary/aromatic N) is 1. The van der Waals surface area contributed by atoms with Crippen LogP contribution >= 0.6 is 0 Å². The highest BCUT2D eigenvalue weighted by atomic mass is 16.1. The molecule has 0 bridgehead atoms. The van der Waals surface area contributed by atoms with E-state index in [4.69, 9.17) is 0 Å². The van der Waals surface area contributed by atoms with Crippen molar-refractivity contribution >= 4 is 17.3 Å². The van der Waals surface area contributed by atoms with E-state index in [0.717, 1.165) is 38.3 Å². The second-order valence-corrected chi connectivity index (χ2v) is 4.60. The molecule has 1 fully saturated rings. The molecule has 2 heterocycles. The number of anilines is 2. The van der Waals surface area contributed by atoms with Crippen LogP contribution in [0.3, 0.4) is 0 Å². The number of carbonyl (C=O) groups excluding carboxylic acids is 1. The van der Waals surface area contributed by atoms with Gasteiger partial charge in [-0.1, -0.05) is 12.1 Å². The smallest absolute Gasteiger partial charge is 0.224 e. The minimum Gasteiger partial charge on any atom is -0.367 e. The Hall–Kier alpha value is -1.55. The monoisotopic (exact) mass is 231 g/mol. The lowest BCUT2D eigenvalue weighted by atomic mass is 10.0. The number of carbonyl (C=O) groups is 1. The first kappa shape index (κ1) is 10.6. The molecular weight excluding hydrogens is 214 g/mol. The summed E-state index contributed by atoms with van der Waals surface area (Å²) < 4.78 is 0. The van der Waals surface area contributed by atoms with Gasteiger partial charge in [-0.2, -0.15) is 0 Å².